The number of allylic oxidation sites excluding steroid dienone is 2. The minimum atomic E-state index is -1.29. The summed E-state index contributed by atoms with van der Waals surface area (Å²) in [5.74, 6) is -1.09. The molecule has 6 nitrogen and oxygen atoms in total. The van der Waals surface area contributed by atoms with E-state index in [9.17, 15) is 18.8 Å². The maximum Gasteiger partial charge on any atom is 0.251 e. The Morgan fingerprint density at radius 3 is 2.90 bits per heavy atom. The normalized spacial score (nSPS) is 26.3. The van der Waals surface area contributed by atoms with Crippen LogP contribution in [-0.2, 0) is 19.1 Å². The molecule has 20 heavy (non-hydrogen) atoms. The number of methoxy groups -OCH3 is 1. The van der Waals surface area contributed by atoms with Crippen molar-refractivity contribution in [3.8, 4) is 0 Å². The smallest absolute Gasteiger partial charge is 0.251 e. The fourth-order valence-corrected chi connectivity index (χ4v) is 2.08. The van der Waals surface area contributed by atoms with Crippen LogP contribution in [0.1, 0.15) is 19.3 Å². The van der Waals surface area contributed by atoms with Crippen LogP contribution < -0.4 is 10.6 Å². The van der Waals surface area contributed by atoms with Gasteiger partial charge in [-0.3, -0.25) is 19.7 Å². The van der Waals surface area contributed by atoms with Gasteiger partial charge in [0.2, 0.25) is 11.8 Å². The maximum absolute atomic E-state index is 13.4. The molecule has 0 aromatic rings. The van der Waals surface area contributed by atoms with E-state index in [1.54, 1.807) is 0 Å². The van der Waals surface area contributed by atoms with E-state index in [0.29, 0.717) is 5.76 Å². The number of carbonyl (C=O) groups is 3. The summed E-state index contributed by atoms with van der Waals surface area (Å²) >= 11 is 0. The van der Waals surface area contributed by atoms with E-state index in [4.69, 9.17) is 4.74 Å². The monoisotopic (exact) mass is 282 g/mol. The standard InChI is InChI=1S/C13H15FN2O4/c1-20-9-5-7(4-8(14)6-9)12(18)15-10-2-3-11(17)16-13(10)19/h4-5,8,10H,2-3,6H2,1H3,(H,15,18)(H,16,17,19). The van der Waals surface area contributed by atoms with E-state index in [1.807, 2.05) is 0 Å². The van der Waals surface area contributed by atoms with Gasteiger partial charge in [0, 0.05) is 18.4 Å². The summed E-state index contributed by atoms with van der Waals surface area (Å²) in [6.07, 6.45) is 1.83. The zero-order valence-corrected chi connectivity index (χ0v) is 10.9. The number of carbonyl (C=O) groups excluding carboxylic acids is 3. The summed E-state index contributed by atoms with van der Waals surface area (Å²) in [6.45, 7) is 0. The van der Waals surface area contributed by atoms with Crippen LogP contribution in [-0.4, -0.2) is 37.0 Å². The van der Waals surface area contributed by atoms with Crippen LogP contribution in [0.4, 0.5) is 4.39 Å². The Labute approximate surface area is 115 Å². The Balaban J connectivity index is 2.03. The first kappa shape index (κ1) is 14.2. The molecule has 7 heteroatoms. The highest BCUT2D eigenvalue weighted by Crippen LogP contribution is 2.21. The van der Waals surface area contributed by atoms with Crippen molar-refractivity contribution in [3.05, 3.63) is 23.5 Å². The van der Waals surface area contributed by atoms with Gasteiger partial charge in [-0.05, 0) is 18.6 Å². The predicted molar refractivity (Wildman–Crippen MR) is 67.0 cm³/mol. The number of hydrogen-bond donors (Lipinski definition) is 2. The zero-order valence-electron chi connectivity index (χ0n) is 10.9. The third kappa shape index (κ3) is 3.23. The molecule has 0 bridgehead atoms. The number of imide groups is 1. The van der Waals surface area contributed by atoms with Crippen molar-refractivity contribution in [2.75, 3.05) is 7.11 Å². The van der Waals surface area contributed by atoms with E-state index < -0.39 is 24.0 Å². The van der Waals surface area contributed by atoms with Crippen molar-refractivity contribution >= 4 is 17.7 Å². The van der Waals surface area contributed by atoms with Crippen molar-refractivity contribution in [1.29, 1.82) is 0 Å². The Bertz CT molecular complexity index is 513. The second-order valence-electron chi connectivity index (χ2n) is 4.63. The SMILES string of the molecule is COC1=CC(C(=O)NC2CCC(=O)NC2=O)=CC(F)C1. The Morgan fingerprint density at radius 1 is 1.50 bits per heavy atom. The van der Waals surface area contributed by atoms with Crippen molar-refractivity contribution in [3.63, 3.8) is 0 Å². The first-order valence-corrected chi connectivity index (χ1v) is 6.24. The molecule has 1 fully saturated rings. The summed E-state index contributed by atoms with van der Waals surface area (Å²) in [4.78, 5) is 34.5. The van der Waals surface area contributed by atoms with Gasteiger partial charge < -0.3 is 10.1 Å². The molecular weight excluding hydrogens is 267 g/mol. The number of nitrogens with one attached hydrogen (secondary N) is 2. The van der Waals surface area contributed by atoms with Crippen LogP contribution >= 0.6 is 0 Å². The van der Waals surface area contributed by atoms with Crippen LogP contribution in [0.3, 0.4) is 0 Å². The minimum absolute atomic E-state index is 0.0890. The average Bonchev–Trinajstić information content (AvgIpc) is 2.41. The zero-order chi connectivity index (χ0) is 14.7. The molecule has 2 N–H and O–H groups in total. The maximum atomic E-state index is 13.4. The van der Waals surface area contributed by atoms with Crippen LogP contribution in [0.2, 0.25) is 0 Å². The average molecular weight is 282 g/mol. The largest absolute Gasteiger partial charge is 0.501 e. The summed E-state index contributed by atoms with van der Waals surface area (Å²) in [5, 5.41) is 4.63. The number of alkyl halides is 1. The molecule has 0 aromatic heterocycles. The first-order chi connectivity index (χ1) is 9.49. The van der Waals surface area contributed by atoms with E-state index in [0.717, 1.165) is 0 Å². The lowest BCUT2D eigenvalue weighted by Gasteiger charge is -2.23. The molecular formula is C13H15FN2O4. The number of piperidine rings is 1. The molecule has 0 radical (unpaired) electrons. The Morgan fingerprint density at radius 2 is 2.25 bits per heavy atom. The number of ether oxygens (including phenoxy) is 1. The highest BCUT2D eigenvalue weighted by molar-refractivity contribution is 6.04. The first-order valence-electron chi connectivity index (χ1n) is 6.24. The van der Waals surface area contributed by atoms with E-state index in [2.05, 4.69) is 10.6 Å². The molecule has 1 saturated heterocycles. The van der Waals surface area contributed by atoms with Crippen molar-refractivity contribution in [2.24, 2.45) is 0 Å². The van der Waals surface area contributed by atoms with Gasteiger partial charge in [0.1, 0.15) is 12.2 Å². The summed E-state index contributed by atoms with van der Waals surface area (Å²) in [6, 6.07) is -0.777. The summed E-state index contributed by atoms with van der Waals surface area (Å²) < 4.78 is 18.4. The van der Waals surface area contributed by atoms with Crippen LogP contribution in [0.5, 0.6) is 0 Å². The summed E-state index contributed by atoms with van der Waals surface area (Å²) in [7, 11) is 1.40. The fourth-order valence-electron chi connectivity index (χ4n) is 2.08. The van der Waals surface area contributed by atoms with Crippen LogP contribution in [0.15, 0.2) is 23.5 Å². The van der Waals surface area contributed by atoms with Gasteiger partial charge in [-0.2, -0.15) is 0 Å². The molecule has 2 atom stereocenters. The van der Waals surface area contributed by atoms with Crippen molar-refractivity contribution in [1.82, 2.24) is 10.6 Å². The van der Waals surface area contributed by atoms with E-state index in [1.165, 1.54) is 19.3 Å². The quantitative estimate of drug-likeness (QED) is 0.719. The van der Waals surface area contributed by atoms with Gasteiger partial charge >= 0.3 is 0 Å². The predicted octanol–water partition coefficient (Wildman–Crippen LogP) is 0.106. The van der Waals surface area contributed by atoms with Crippen LogP contribution in [0.25, 0.3) is 0 Å². The molecule has 0 aromatic carbocycles. The molecule has 1 aliphatic carbocycles. The lowest BCUT2D eigenvalue weighted by Crippen LogP contribution is -2.52. The fraction of sp³-hybridized carbons (Fsp3) is 0.462. The lowest BCUT2D eigenvalue weighted by molar-refractivity contribution is -0.136. The number of rotatable bonds is 3. The molecule has 1 heterocycles. The highest BCUT2D eigenvalue weighted by atomic mass is 19.1. The minimum Gasteiger partial charge on any atom is -0.501 e. The molecule has 3 amide bonds. The number of halogens is 1. The molecule has 108 valence electrons. The van der Waals surface area contributed by atoms with E-state index in [-0.39, 0.29) is 30.7 Å². The highest BCUT2D eigenvalue weighted by Gasteiger charge is 2.29. The molecule has 1 aliphatic heterocycles. The van der Waals surface area contributed by atoms with Gasteiger partial charge in [0.25, 0.3) is 5.91 Å². The topological polar surface area (TPSA) is 84.5 Å². The molecule has 2 rings (SSSR count). The molecule has 2 aliphatic rings. The lowest BCUT2D eigenvalue weighted by atomic mass is 10.0. The van der Waals surface area contributed by atoms with Gasteiger partial charge in [-0.25, -0.2) is 4.39 Å². The van der Waals surface area contributed by atoms with Gasteiger partial charge in [0.05, 0.1) is 12.9 Å². The third-order valence-corrected chi connectivity index (χ3v) is 3.14. The molecule has 0 saturated carbocycles. The van der Waals surface area contributed by atoms with Gasteiger partial charge in [-0.15, -0.1) is 0 Å². The van der Waals surface area contributed by atoms with E-state index >= 15 is 0 Å². The molecule has 2 unspecified atom stereocenters. The van der Waals surface area contributed by atoms with Gasteiger partial charge in [0.15, 0.2) is 0 Å². The molecule has 0 spiro atoms. The van der Waals surface area contributed by atoms with Crippen molar-refractivity contribution < 1.29 is 23.5 Å². The number of amides is 3. The number of hydrogen-bond acceptors (Lipinski definition) is 4. The summed E-state index contributed by atoms with van der Waals surface area (Å²) in [5.41, 5.74) is 0.116. The second-order valence-corrected chi connectivity index (χ2v) is 4.63. The Hall–Kier alpha value is -2.18. The van der Waals surface area contributed by atoms with Crippen molar-refractivity contribution in [2.45, 2.75) is 31.5 Å². The third-order valence-electron chi connectivity index (χ3n) is 3.14. The second kappa shape index (κ2) is 5.85. The Kier molecular flexibility index (Phi) is 4.16. The van der Waals surface area contributed by atoms with Gasteiger partial charge in [-0.1, -0.05) is 0 Å². The van der Waals surface area contributed by atoms with Crippen LogP contribution in [0, 0.1) is 0 Å².